The normalized spacial score (nSPS) is 18.3. The highest BCUT2D eigenvalue weighted by atomic mass is 35.5. The average Bonchev–Trinajstić information content (AvgIpc) is 2.28. The van der Waals surface area contributed by atoms with Gasteiger partial charge in [-0.15, -0.1) is 11.6 Å². The van der Waals surface area contributed by atoms with Gasteiger partial charge in [0.1, 0.15) is 0 Å². The van der Waals surface area contributed by atoms with Crippen molar-refractivity contribution in [2.24, 2.45) is 0 Å². The van der Waals surface area contributed by atoms with Crippen molar-refractivity contribution < 1.29 is 8.42 Å². The fourth-order valence-electron chi connectivity index (χ4n) is 2.14. The first kappa shape index (κ1) is 13.8. The minimum atomic E-state index is -3.39. The zero-order valence-corrected chi connectivity index (χ0v) is 12.0. The van der Waals surface area contributed by atoms with Crippen molar-refractivity contribution in [3.63, 3.8) is 0 Å². The molecule has 0 spiro atoms. The van der Waals surface area contributed by atoms with Crippen molar-refractivity contribution in [1.29, 1.82) is 0 Å². The monoisotopic (exact) mass is 287 g/mol. The molecule has 0 unspecified atom stereocenters. The Morgan fingerprint density at radius 1 is 1.28 bits per heavy atom. The van der Waals surface area contributed by atoms with E-state index in [0.717, 1.165) is 31.2 Å². The molecule has 5 heteroatoms. The molecule has 3 nitrogen and oxygen atoms in total. The first-order valence-electron chi connectivity index (χ1n) is 6.14. The first-order valence-corrected chi connectivity index (χ1v) is 8.16. The highest BCUT2D eigenvalue weighted by Gasteiger charge is 2.36. The summed E-state index contributed by atoms with van der Waals surface area (Å²) in [5.41, 5.74) is 0.798. The number of aryl methyl sites for hydroxylation is 1. The standard InChI is InChI=1S/C13H18ClNO2S/c1-13(8-2-9-13)15-18(16,17)12-5-3-11(4-6-12)7-10-14/h3-6,15H,2,7-10H2,1H3. The summed E-state index contributed by atoms with van der Waals surface area (Å²) in [5.74, 6) is 0.544. The molecule has 18 heavy (non-hydrogen) atoms. The molecule has 0 aliphatic heterocycles. The van der Waals surface area contributed by atoms with Crippen molar-refractivity contribution in [1.82, 2.24) is 4.72 Å². The lowest BCUT2D eigenvalue weighted by molar-refractivity contribution is 0.248. The minimum Gasteiger partial charge on any atom is -0.207 e. The lowest BCUT2D eigenvalue weighted by Gasteiger charge is -2.38. The van der Waals surface area contributed by atoms with Gasteiger partial charge in [-0.1, -0.05) is 12.1 Å². The summed E-state index contributed by atoms with van der Waals surface area (Å²) in [7, 11) is -3.39. The summed E-state index contributed by atoms with van der Waals surface area (Å²) in [6.07, 6.45) is 3.67. The summed E-state index contributed by atoms with van der Waals surface area (Å²) in [4.78, 5) is 0.328. The van der Waals surface area contributed by atoms with Crippen molar-refractivity contribution in [3.8, 4) is 0 Å². The quantitative estimate of drug-likeness (QED) is 0.847. The van der Waals surface area contributed by atoms with Gasteiger partial charge in [0.25, 0.3) is 0 Å². The van der Waals surface area contributed by atoms with Gasteiger partial charge in [0.2, 0.25) is 10.0 Å². The fourth-order valence-corrected chi connectivity index (χ4v) is 3.82. The number of sulfonamides is 1. The second-order valence-corrected chi connectivity index (χ2v) is 7.16. The number of benzene rings is 1. The Balaban J connectivity index is 2.14. The molecule has 1 N–H and O–H groups in total. The van der Waals surface area contributed by atoms with Crippen molar-refractivity contribution in [2.75, 3.05) is 5.88 Å². The summed E-state index contributed by atoms with van der Waals surface area (Å²) in [6.45, 7) is 1.95. The molecule has 0 saturated heterocycles. The van der Waals surface area contributed by atoms with Crippen LogP contribution in [0.3, 0.4) is 0 Å². The molecular weight excluding hydrogens is 270 g/mol. The molecular formula is C13H18ClNO2S. The Bertz CT molecular complexity index is 506. The fraction of sp³-hybridized carbons (Fsp3) is 0.538. The third kappa shape index (κ3) is 3.05. The summed E-state index contributed by atoms with van der Waals surface area (Å²) < 4.78 is 27.1. The van der Waals surface area contributed by atoms with Crippen molar-refractivity contribution in [3.05, 3.63) is 29.8 Å². The number of alkyl halides is 1. The molecule has 1 aliphatic carbocycles. The Morgan fingerprint density at radius 2 is 1.89 bits per heavy atom. The Kier molecular flexibility index (Phi) is 3.99. The van der Waals surface area contributed by atoms with Crippen LogP contribution in [-0.4, -0.2) is 19.8 Å². The van der Waals surface area contributed by atoms with E-state index in [2.05, 4.69) is 4.72 Å². The van der Waals surface area contributed by atoms with Gasteiger partial charge in [-0.3, -0.25) is 0 Å². The number of rotatable bonds is 5. The molecule has 0 heterocycles. The number of hydrogen-bond donors (Lipinski definition) is 1. The van der Waals surface area contributed by atoms with E-state index in [-0.39, 0.29) is 5.54 Å². The van der Waals surface area contributed by atoms with Gasteiger partial charge in [-0.25, -0.2) is 13.1 Å². The molecule has 1 fully saturated rings. The predicted molar refractivity (Wildman–Crippen MR) is 73.4 cm³/mol. The molecule has 0 bridgehead atoms. The Hall–Kier alpha value is -0.580. The SMILES string of the molecule is CC1(NS(=O)(=O)c2ccc(CCCl)cc2)CCC1. The highest BCUT2D eigenvalue weighted by molar-refractivity contribution is 7.89. The van der Waals surface area contributed by atoms with Crippen LogP contribution in [0.4, 0.5) is 0 Å². The maximum Gasteiger partial charge on any atom is 0.241 e. The van der Waals surface area contributed by atoms with Crippen LogP contribution in [0.5, 0.6) is 0 Å². The maximum absolute atomic E-state index is 12.2. The molecule has 1 aromatic carbocycles. The van der Waals surface area contributed by atoms with Gasteiger partial charge in [0.15, 0.2) is 0 Å². The smallest absolute Gasteiger partial charge is 0.207 e. The molecule has 100 valence electrons. The number of nitrogens with one attached hydrogen (secondary N) is 1. The lowest BCUT2D eigenvalue weighted by Crippen LogP contribution is -2.50. The van der Waals surface area contributed by atoms with Crippen LogP contribution in [0.1, 0.15) is 31.7 Å². The van der Waals surface area contributed by atoms with Gasteiger partial charge in [0.05, 0.1) is 4.90 Å². The largest absolute Gasteiger partial charge is 0.241 e. The van der Waals surface area contributed by atoms with E-state index in [1.807, 2.05) is 19.1 Å². The highest BCUT2D eigenvalue weighted by Crippen LogP contribution is 2.32. The van der Waals surface area contributed by atoms with Gasteiger partial charge in [-0.05, 0) is 50.3 Å². The van der Waals surface area contributed by atoms with E-state index in [1.165, 1.54) is 0 Å². The van der Waals surface area contributed by atoms with Crippen LogP contribution in [-0.2, 0) is 16.4 Å². The van der Waals surface area contributed by atoms with Crippen LogP contribution in [0.2, 0.25) is 0 Å². The van der Waals surface area contributed by atoms with E-state index in [4.69, 9.17) is 11.6 Å². The third-order valence-corrected chi connectivity index (χ3v) is 5.30. The molecule has 0 amide bonds. The molecule has 0 aromatic heterocycles. The summed E-state index contributed by atoms with van der Waals surface area (Å²) in [6, 6.07) is 6.93. The van der Waals surface area contributed by atoms with Crippen molar-refractivity contribution in [2.45, 2.75) is 43.0 Å². The van der Waals surface area contributed by atoms with Crippen LogP contribution in [0.15, 0.2) is 29.2 Å². The predicted octanol–water partition coefficient (Wildman–Crippen LogP) is 2.69. The zero-order chi connectivity index (χ0) is 13.2. The average molecular weight is 288 g/mol. The van der Waals surface area contributed by atoms with Crippen LogP contribution >= 0.6 is 11.6 Å². The minimum absolute atomic E-state index is 0.256. The van der Waals surface area contributed by atoms with Crippen LogP contribution in [0, 0.1) is 0 Å². The maximum atomic E-state index is 12.2. The molecule has 1 saturated carbocycles. The molecule has 1 aliphatic rings. The summed E-state index contributed by atoms with van der Waals surface area (Å²) >= 11 is 5.65. The zero-order valence-electron chi connectivity index (χ0n) is 10.4. The van der Waals surface area contributed by atoms with Crippen LogP contribution < -0.4 is 4.72 Å². The number of hydrogen-bond acceptors (Lipinski definition) is 2. The van der Waals surface area contributed by atoms with Crippen molar-refractivity contribution >= 4 is 21.6 Å². The third-order valence-electron chi connectivity index (χ3n) is 3.45. The first-order chi connectivity index (χ1) is 8.45. The molecule has 0 atom stereocenters. The van der Waals surface area contributed by atoms with E-state index in [1.54, 1.807) is 12.1 Å². The van der Waals surface area contributed by atoms with Gasteiger partial charge < -0.3 is 0 Å². The van der Waals surface area contributed by atoms with E-state index in [0.29, 0.717) is 10.8 Å². The van der Waals surface area contributed by atoms with E-state index in [9.17, 15) is 8.42 Å². The Morgan fingerprint density at radius 3 is 2.33 bits per heavy atom. The molecule has 1 aromatic rings. The summed E-state index contributed by atoms with van der Waals surface area (Å²) in [5, 5.41) is 0. The topological polar surface area (TPSA) is 46.2 Å². The van der Waals surface area contributed by atoms with E-state index >= 15 is 0 Å². The molecule has 0 radical (unpaired) electrons. The van der Waals surface area contributed by atoms with Gasteiger partial charge in [-0.2, -0.15) is 0 Å². The Labute approximate surface area is 114 Å². The number of halogens is 1. The van der Waals surface area contributed by atoms with Gasteiger partial charge in [0, 0.05) is 11.4 Å². The van der Waals surface area contributed by atoms with Crippen LogP contribution in [0.25, 0.3) is 0 Å². The molecule has 2 rings (SSSR count). The second kappa shape index (κ2) is 5.19. The van der Waals surface area contributed by atoms with E-state index < -0.39 is 10.0 Å². The van der Waals surface area contributed by atoms with Gasteiger partial charge >= 0.3 is 0 Å². The lowest BCUT2D eigenvalue weighted by atomic mass is 9.80. The second-order valence-electron chi connectivity index (χ2n) is 5.10.